The van der Waals surface area contributed by atoms with Gasteiger partial charge in [-0.15, -0.1) is 0 Å². The zero-order valence-electron chi connectivity index (χ0n) is 35.3. The van der Waals surface area contributed by atoms with Gasteiger partial charge in [-0.25, -0.2) is 0 Å². The predicted molar refractivity (Wildman–Crippen MR) is 267 cm³/mol. The molecule has 10 heterocycles. The summed E-state index contributed by atoms with van der Waals surface area (Å²) in [7, 11) is -5.90. The number of rotatable bonds is 0. The molecule has 302 valence electrons. The molecule has 1 atom stereocenters. The molecular weight excluding hydrogens is 839 g/mol. The molecule has 0 saturated carbocycles. The number of ether oxygens (including phenoxy) is 1. The van der Waals surface area contributed by atoms with Crippen LogP contribution in [0.1, 0.15) is 0 Å². The number of fused-ring (bicyclic) bond motifs is 19. The minimum atomic E-state index is -2.96. The lowest BCUT2D eigenvalue weighted by Crippen LogP contribution is -2.90. The fourth-order valence-electron chi connectivity index (χ4n) is 14.6. The molecule has 3 spiro atoms. The van der Waals surface area contributed by atoms with Gasteiger partial charge < -0.3 is 4.74 Å². The molecule has 0 fully saturated rings. The topological polar surface area (TPSA) is 25.2 Å². The SMILES string of the molecule is c1ccc2c(c1)-c1ccccc1[Si]21c2ccccc2N2c3ccccc3[N+]34c5c(ccc6c5-n5c7c(cccc7c7ccc[n+]3c75)[Si]63c5ccccc5-c5ccccc53)Oc3ccc1c2[n+]34. The van der Waals surface area contributed by atoms with Crippen molar-refractivity contribution in [1.82, 2.24) is 9.27 Å². The molecule has 0 aliphatic carbocycles. The minimum Gasteiger partial charge on any atom is -0.412 e. The van der Waals surface area contributed by atoms with Gasteiger partial charge in [-0.3, -0.25) is 0 Å². The first kappa shape index (κ1) is 33.4. The minimum absolute atomic E-state index is 0.288. The highest BCUT2D eigenvalue weighted by Crippen LogP contribution is 2.58. The zero-order chi connectivity index (χ0) is 42.4. The van der Waals surface area contributed by atoms with Gasteiger partial charge in [0.15, 0.2) is 22.3 Å². The first-order valence-corrected chi connectivity index (χ1v) is 27.0. The largest absolute Gasteiger partial charge is 0.412 e. The second kappa shape index (κ2) is 10.7. The van der Waals surface area contributed by atoms with E-state index < -0.39 is 16.1 Å². The van der Waals surface area contributed by atoms with Crippen LogP contribution >= 0.6 is 0 Å². The summed E-state index contributed by atoms with van der Waals surface area (Å²) in [6.07, 6.45) is 2.34. The monoisotopic (exact) mass is 872 g/mol. The number of hydrogen-bond donors (Lipinski definition) is 0. The molecule has 18 rings (SSSR count). The first-order valence-electron chi connectivity index (χ1n) is 23.0. The molecule has 0 amide bonds. The summed E-state index contributed by atoms with van der Waals surface area (Å²) in [5.41, 5.74) is 13.9. The van der Waals surface area contributed by atoms with Gasteiger partial charge in [-0.1, -0.05) is 146 Å². The van der Waals surface area contributed by atoms with Crippen LogP contribution in [0.15, 0.2) is 206 Å². The van der Waals surface area contributed by atoms with Gasteiger partial charge in [-0.2, -0.15) is 9.47 Å². The van der Waals surface area contributed by atoms with E-state index in [0.717, 1.165) is 17.3 Å². The fourth-order valence-corrected chi connectivity index (χ4v) is 25.6. The van der Waals surface area contributed by atoms with E-state index in [1.807, 2.05) is 0 Å². The van der Waals surface area contributed by atoms with Crippen LogP contribution in [0.25, 0.3) is 49.9 Å². The number of quaternary nitrogens is 1. The standard InChI is InChI=1S/C58H34N5OSi2/c1-8-24-45-35(15-1)36-16-2-9-25-46(36)65(45)49-28-12-6-22-42(49)60-41-21-5-7-23-43(41)63-56-44(64-53-33-32-52(65)58(60)62(53)63)30-31-51-55(56)61-54-39(40-20-14-34-59(63)57(40)61)19-13-29-50(54)66(51)47-26-10-3-17-37(47)38-18-4-11-27-48(38)66/h1-34H/q+3. The Morgan fingerprint density at radius 1 is 0.439 bits per heavy atom. The summed E-state index contributed by atoms with van der Waals surface area (Å²) in [6.45, 7) is 0. The van der Waals surface area contributed by atoms with Gasteiger partial charge in [0.05, 0.1) is 10.1 Å². The normalized spacial score (nSPS) is 18.1. The quantitative estimate of drug-likeness (QED) is 0.0994. The number of pyridine rings is 2. The van der Waals surface area contributed by atoms with Crippen LogP contribution in [-0.4, -0.2) is 20.7 Å². The molecule has 6 nitrogen and oxygen atoms in total. The maximum atomic E-state index is 7.52. The Bertz CT molecular complexity index is 4120. The third kappa shape index (κ3) is 3.13. The van der Waals surface area contributed by atoms with Crippen molar-refractivity contribution < 1.29 is 14.1 Å². The Balaban J connectivity index is 1.09. The molecule has 0 bridgehead atoms. The van der Waals surface area contributed by atoms with Crippen LogP contribution in [-0.2, 0) is 0 Å². The molecule has 66 heavy (non-hydrogen) atoms. The Morgan fingerprint density at radius 3 is 1.70 bits per heavy atom. The second-order valence-electron chi connectivity index (χ2n) is 18.9. The molecule has 8 aromatic carbocycles. The van der Waals surface area contributed by atoms with E-state index in [1.165, 1.54) is 114 Å². The molecule has 0 saturated heterocycles. The lowest BCUT2D eigenvalue weighted by Gasteiger charge is -2.46. The fraction of sp³-hybridized carbons (Fsp3) is 0. The van der Waals surface area contributed by atoms with E-state index in [2.05, 4.69) is 225 Å². The van der Waals surface area contributed by atoms with E-state index in [-0.39, 0.29) is 4.70 Å². The maximum absolute atomic E-state index is 7.52. The van der Waals surface area contributed by atoms with Crippen molar-refractivity contribution in [2.75, 3.05) is 4.90 Å². The van der Waals surface area contributed by atoms with Gasteiger partial charge in [0.25, 0.3) is 5.69 Å². The highest BCUT2D eigenvalue weighted by Gasteiger charge is 2.72. The average Bonchev–Trinajstić information content (AvgIpc) is 3.99. The molecule has 0 N–H and O–H groups in total. The average molecular weight is 873 g/mol. The van der Waals surface area contributed by atoms with Crippen LogP contribution < -0.4 is 65.2 Å². The van der Waals surface area contributed by atoms with Crippen molar-refractivity contribution in [3.05, 3.63) is 206 Å². The van der Waals surface area contributed by atoms with Gasteiger partial charge >= 0.3 is 23.0 Å². The third-order valence-corrected chi connectivity index (χ3v) is 26.4. The van der Waals surface area contributed by atoms with Gasteiger partial charge in [0.1, 0.15) is 11.2 Å². The van der Waals surface area contributed by atoms with E-state index in [9.17, 15) is 0 Å². The summed E-state index contributed by atoms with van der Waals surface area (Å²) in [6, 6.07) is 76.9. The van der Waals surface area contributed by atoms with Crippen LogP contribution in [0.4, 0.5) is 28.6 Å². The molecule has 11 aromatic rings. The summed E-state index contributed by atoms with van der Waals surface area (Å²) in [5.74, 6) is 2.87. The number of anilines is 3. The van der Waals surface area contributed by atoms with Gasteiger partial charge in [0.2, 0.25) is 17.1 Å². The van der Waals surface area contributed by atoms with Crippen LogP contribution in [0.2, 0.25) is 0 Å². The summed E-state index contributed by atoms with van der Waals surface area (Å²) >= 11 is 0. The van der Waals surface area contributed by atoms with E-state index in [0.29, 0.717) is 0 Å². The molecule has 7 aliphatic rings. The Morgan fingerprint density at radius 2 is 1.00 bits per heavy atom. The van der Waals surface area contributed by atoms with Crippen LogP contribution in [0.3, 0.4) is 0 Å². The third-order valence-electron chi connectivity index (χ3n) is 16.6. The van der Waals surface area contributed by atoms with Crippen molar-refractivity contribution >= 4 is 108 Å². The number of benzene rings is 8. The first-order chi connectivity index (χ1) is 32.8. The Kier molecular flexibility index (Phi) is 5.40. The van der Waals surface area contributed by atoms with Crippen molar-refractivity contribution in [2.45, 2.75) is 0 Å². The van der Waals surface area contributed by atoms with Crippen LogP contribution in [0, 0.1) is 0 Å². The highest BCUT2D eigenvalue weighted by molar-refractivity contribution is 7.24. The highest BCUT2D eigenvalue weighted by atomic mass is 28.3. The Labute approximate surface area is 380 Å². The van der Waals surface area contributed by atoms with Crippen molar-refractivity contribution in [3.8, 4) is 39.6 Å². The predicted octanol–water partition coefficient (Wildman–Crippen LogP) is 6.47. The second-order valence-corrected chi connectivity index (χ2v) is 26.2. The number of aromatic nitrogens is 3. The molecule has 1 unspecified atom stereocenters. The number of hydrogen-bond acceptors (Lipinski definition) is 2. The van der Waals surface area contributed by atoms with Gasteiger partial charge in [-0.05, 0) is 90.1 Å². The zero-order valence-corrected chi connectivity index (χ0v) is 37.3. The number of para-hydroxylation sites is 4. The molecule has 3 aromatic heterocycles. The lowest BCUT2D eigenvalue weighted by atomic mass is 10.1. The van der Waals surface area contributed by atoms with Crippen molar-refractivity contribution in [3.63, 3.8) is 0 Å². The van der Waals surface area contributed by atoms with Crippen LogP contribution in [0.5, 0.6) is 11.6 Å². The number of nitrogens with zero attached hydrogens (tertiary/aromatic N) is 5. The summed E-state index contributed by atoms with van der Waals surface area (Å²) in [5, 5.41) is 14.0. The van der Waals surface area contributed by atoms with E-state index >= 15 is 0 Å². The van der Waals surface area contributed by atoms with Gasteiger partial charge in [0, 0.05) is 42.9 Å². The smallest absolute Gasteiger partial charge is 0.350 e. The van der Waals surface area contributed by atoms with E-state index in [4.69, 9.17) is 4.74 Å². The molecule has 0 radical (unpaired) electrons. The molecular formula is C58H34N5OSi2+3. The summed E-state index contributed by atoms with van der Waals surface area (Å²) in [4.78, 5) is 2.58. The summed E-state index contributed by atoms with van der Waals surface area (Å²) < 4.78 is 15.6. The van der Waals surface area contributed by atoms with E-state index in [1.54, 1.807) is 0 Å². The van der Waals surface area contributed by atoms with Crippen molar-refractivity contribution in [2.24, 2.45) is 0 Å². The molecule has 8 heteroatoms. The molecule has 7 aliphatic heterocycles. The Hall–Kier alpha value is -8.15. The maximum Gasteiger partial charge on any atom is 0.350 e. The van der Waals surface area contributed by atoms with Crippen molar-refractivity contribution in [1.29, 1.82) is 0 Å². The lowest BCUT2D eigenvalue weighted by molar-refractivity contribution is -1.03.